The van der Waals surface area contributed by atoms with Crippen molar-refractivity contribution in [1.29, 1.82) is 0 Å². The van der Waals surface area contributed by atoms with Crippen LogP contribution in [0.1, 0.15) is 0 Å². The number of rotatable bonds is 2. The van der Waals surface area contributed by atoms with Crippen molar-refractivity contribution in [3.8, 4) is 0 Å². The normalized spacial score (nSPS) is 8.22. The first kappa shape index (κ1) is 8.30. The summed E-state index contributed by atoms with van der Waals surface area (Å²) in [6.07, 6.45) is -0.753. The van der Waals surface area contributed by atoms with Crippen LogP contribution in [-0.4, -0.2) is 19.9 Å². The molecule has 52 valence electrons. The van der Waals surface area contributed by atoms with Gasteiger partial charge in [0, 0.05) is 5.03 Å². The highest BCUT2D eigenvalue weighted by Crippen LogP contribution is 1.96. The molecule has 0 rings (SSSR count). The molecule has 0 amide bonds. The van der Waals surface area contributed by atoms with Gasteiger partial charge in [-0.05, 0) is 0 Å². The SMILES string of the molecule is C=C(Cl)COC(=O)OC. The van der Waals surface area contributed by atoms with E-state index in [1.54, 1.807) is 0 Å². The lowest BCUT2D eigenvalue weighted by Gasteiger charge is -1.98. The smallest absolute Gasteiger partial charge is 0.438 e. The van der Waals surface area contributed by atoms with Crippen LogP contribution >= 0.6 is 11.6 Å². The topological polar surface area (TPSA) is 35.5 Å². The largest absolute Gasteiger partial charge is 0.508 e. The third-order valence-electron chi connectivity index (χ3n) is 0.513. The maximum Gasteiger partial charge on any atom is 0.508 e. The van der Waals surface area contributed by atoms with E-state index in [2.05, 4.69) is 16.1 Å². The zero-order valence-corrected chi connectivity index (χ0v) is 5.77. The van der Waals surface area contributed by atoms with Gasteiger partial charge in [0.05, 0.1) is 7.11 Å². The number of hydrogen-bond acceptors (Lipinski definition) is 3. The van der Waals surface area contributed by atoms with Gasteiger partial charge in [0.15, 0.2) is 0 Å². The lowest BCUT2D eigenvalue weighted by Crippen LogP contribution is -2.04. The number of halogens is 1. The Morgan fingerprint density at radius 3 is 2.67 bits per heavy atom. The third-order valence-corrected chi connectivity index (χ3v) is 0.622. The first-order chi connectivity index (χ1) is 4.16. The Bertz CT molecular complexity index is 121. The fraction of sp³-hybridized carbons (Fsp3) is 0.400. The van der Waals surface area contributed by atoms with Gasteiger partial charge in [0.2, 0.25) is 0 Å². The van der Waals surface area contributed by atoms with Gasteiger partial charge in [0.1, 0.15) is 6.61 Å². The highest BCUT2D eigenvalue weighted by atomic mass is 35.5. The van der Waals surface area contributed by atoms with Gasteiger partial charge in [-0.1, -0.05) is 18.2 Å². The van der Waals surface area contributed by atoms with Gasteiger partial charge in [0.25, 0.3) is 0 Å². The van der Waals surface area contributed by atoms with Gasteiger partial charge < -0.3 is 9.47 Å². The highest BCUT2D eigenvalue weighted by molar-refractivity contribution is 6.29. The van der Waals surface area contributed by atoms with E-state index in [-0.39, 0.29) is 11.6 Å². The Balaban J connectivity index is 3.28. The predicted molar refractivity (Wildman–Crippen MR) is 33.3 cm³/mol. The molecule has 0 saturated heterocycles. The zero-order chi connectivity index (χ0) is 7.28. The van der Waals surface area contributed by atoms with E-state index in [1.807, 2.05) is 0 Å². The summed E-state index contributed by atoms with van der Waals surface area (Å²) in [6, 6.07) is 0. The second-order valence-electron chi connectivity index (χ2n) is 1.26. The molecular weight excluding hydrogens is 144 g/mol. The molecule has 0 N–H and O–H groups in total. The first-order valence-electron chi connectivity index (χ1n) is 2.21. The van der Waals surface area contributed by atoms with Crippen LogP contribution in [0, 0.1) is 0 Å². The summed E-state index contributed by atoms with van der Waals surface area (Å²) in [5.74, 6) is 0. The minimum absolute atomic E-state index is 0.00573. The summed E-state index contributed by atoms with van der Waals surface area (Å²) in [5, 5.41) is 0.264. The number of ether oxygens (including phenoxy) is 2. The van der Waals surface area contributed by atoms with E-state index in [4.69, 9.17) is 11.6 Å². The summed E-state index contributed by atoms with van der Waals surface area (Å²) in [7, 11) is 1.22. The third kappa shape index (κ3) is 5.17. The molecule has 0 unspecified atom stereocenters. The minimum atomic E-state index is -0.753. The van der Waals surface area contributed by atoms with Crippen molar-refractivity contribution in [3.05, 3.63) is 11.6 Å². The Labute approximate surface area is 58.2 Å². The average molecular weight is 151 g/mol. The molecule has 0 aromatic carbocycles. The van der Waals surface area contributed by atoms with Crippen LogP contribution in [-0.2, 0) is 9.47 Å². The molecule has 0 heterocycles. The van der Waals surface area contributed by atoms with Gasteiger partial charge in [-0.25, -0.2) is 4.79 Å². The van der Waals surface area contributed by atoms with Crippen LogP contribution in [0.2, 0.25) is 0 Å². The maximum atomic E-state index is 10.2. The number of hydrogen-bond donors (Lipinski definition) is 0. The molecule has 4 heteroatoms. The van der Waals surface area contributed by atoms with Crippen molar-refractivity contribution in [2.45, 2.75) is 0 Å². The van der Waals surface area contributed by atoms with E-state index in [0.29, 0.717) is 0 Å². The van der Waals surface area contributed by atoms with E-state index in [1.165, 1.54) is 7.11 Å². The van der Waals surface area contributed by atoms with E-state index >= 15 is 0 Å². The molecule has 0 atom stereocenters. The number of methoxy groups -OCH3 is 1. The van der Waals surface area contributed by atoms with Crippen LogP contribution < -0.4 is 0 Å². The fourth-order valence-corrected chi connectivity index (χ4v) is 0.251. The highest BCUT2D eigenvalue weighted by Gasteiger charge is 1.98. The second kappa shape index (κ2) is 4.21. The second-order valence-corrected chi connectivity index (χ2v) is 1.79. The Hall–Kier alpha value is -0.700. The maximum absolute atomic E-state index is 10.2. The van der Waals surface area contributed by atoms with Crippen molar-refractivity contribution in [3.63, 3.8) is 0 Å². The zero-order valence-electron chi connectivity index (χ0n) is 5.02. The number of carbonyl (C=O) groups excluding carboxylic acids is 1. The van der Waals surface area contributed by atoms with Crippen LogP contribution in [0.5, 0.6) is 0 Å². The number of carbonyl (C=O) groups is 1. The lowest BCUT2D eigenvalue weighted by atomic mass is 10.7. The molecule has 0 bridgehead atoms. The first-order valence-corrected chi connectivity index (χ1v) is 2.58. The molecule has 3 nitrogen and oxygen atoms in total. The Morgan fingerprint density at radius 1 is 1.78 bits per heavy atom. The molecule has 0 aromatic rings. The summed E-state index contributed by atoms with van der Waals surface area (Å²) < 4.78 is 8.50. The van der Waals surface area contributed by atoms with Crippen molar-refractivity contribution in [1.82, 2.24) is 0 Å². The molecule has 0 aliphatic carbocycles. The van der Waals surface area contributed by atoms with E-state index in [9.17, 15) is 4.79 Å². The standard InChI is InChI=1S/C5H7ClO3/c1-4(6)3-9-5(7)8-2/h1,3H2,2H3. The quantitative estimate of drug-likeness (QED) is 0.560. The summed E-state index contributed by atoms with van der Waals surface area (Å²) in [6.45, 7) is 3.29. The average Bonchev–Trinajstić information content (AvgIpc) is 1.83. The van der Waals surface area contributed by atoms with Crippen LogP contribution in [0.25, 0.3) is 0 Å². The molecule has 9 heavy (non-hydrogen) atoms. The van der Waals surface area contributed by atoms with Gasteiger partial charge in [-0.15, -0.1) is 0 Å². The summed E-state index contributed by atoms with van der Waals surface area (Å²) >= 11 is 5.25. The Kier molecular flexibility index (Phi) is 3.88. The fourth-order valence-electron chi connectivity index (χ4n) is 0.196. The van der Waals surface area contributed by atoms with Crippen molar-refractivity contribution >= 4 is 17.8 Å². The molecular formula is C5H7ClO3. The minimum Gasteiger partial charge on any atom is -0.438 e. The van der Waals surface area contributed by atoms with Gasteiger partial charge in [-0.2, -0.15) is 0 Å². The van der Waals surface area contributed by atoms with Gasteiger partial charge >= 0.3 is 6.16 Å². The summed E-state index contributed by atoms with van der Waals surface area (Å²) in [5.41, 5.74) is 0. The lowest BCUT2D eigenvalue weighted by molar-refractivity contribution is 0.0811. The molecule has 0 saturated carbocycles. The molecule has 0 fully saturated rings. The van der Waals surface area contributed by atoms with Crippen molar-refractivity contribution in [2.24, 2.45) is 0 Å². The monoisotopic (exact) mass is 150 g/mol. The molecule has 0 aliphatic rings. The summed E-state index contributed by atoms with van der Waals surface area (Å²) in [4.78, 5) is 10.2. The van der Waals surface area contributed by atoms with Crippen molar-refractivity contribution < 1.29 is 14.3 Å². The van der Waals surface area contributed by atoms with Crippen LogP contribution in [0.4, 0.5) is 4.79 Å². The van der Waals surface area contributed by atoms with E-state index < -0.39 is 6.16 Å². The van der Waals surface area contributed by atoms with Crippen LogP contribution in [0.3, 0.4) is 0 Å². The van der Waals surface area contributed by atoms with Crippen molar-refractivity contribution in [2.75, 3.05) is 13.7 Å². The van der Waals surface area contributed by atoms with Gasteiger partial charge in [-0.3, -0.25) is 0 Å². The van der Waals surface area contributed by atoms with E-state index in [0.717, 1.165) is 0 Å². The molecule has 0 aromatic heterocycles. The molecule has 0 radical (unpaired) electrons. The van der Waals surface area contributed by atoms with Crippen LogP contribution in [0.15, 0.2) is 11.6 Å². The Morgan fingerprint density at radius 2 is 2.33 bits per heavy atom. The molecule has 0 aliphatic heterocycles. The predicted octanol–water partition coefficient (Wildman–Crippen LogP) is 1.52. The molecule has 0 spiro atoms.